The maximum absolute atomic E-state index is 13.0. The Bertz CT molecular complexity index is 1680. The molecule has 2 N–H and O–H groups in total. The molecule has 42 heavy (non-hydrogen) atoms. The highest BCUT2D eigenvalue weighted by Gasteiger charge is 2.32. The molecule has 6 rings (SSSR count). The summed E-state index contributed by atoms with van der Waals surface area (Å²) in [7, 11) is 1.68. The number of carbonyl (C=O) groups is 2. The summed E-state index contributed by atoms with van der Waals surface area (Å²) >= 11 is 0. The van der Waals surface area contributed by atoms with Crippen molar-refractivity contribution in [3.05, 3.63) is 106 Å². The van der Waals surface area contributed by atoms with E-state index in [1.165, 1.54) is 4.57 Å². The summed E-state index contributed by atoms with van der Waals surface area (Å²) in [6.07, 6.45) is 1.69. The molecule has 10 heteroatoms. The van der Waals surface area contributed by atoms with Crippen LogP contribution in [0.15, 0.2) is 83.8 Å². The number of hydrogen-bond donors (Lipinski definition) is 2. The SMILES string of the molecule is Cc1c(-c2cn(C)c(=O)c(Nc3ccc(C(=O)N4CCOCC4)cc3)n2)cccc1N1CC(c2ccccc2)NC1=O. The van der Waals surface area contributed by atoms with Crippen LogP contribution in [0.5, 0.6) is 0 Å². The first-order chi connectivity index (χ1) is 20.4. The van der Waals surface area contributed by atoms with Crippen LogP contribution in [0.4, 0.5) is 22.0 Å². The molecule has 3 amide bonds. The number of benzene rings is 3. The zero-order valence-electron chi connectivity index (χ0n) is 23.5. The molecule has 214 valence electrons. The summed E-state index contributed by atoms with van der Waals surface area (Å²) in [4.78, 5) is 47.0. The first-order valence-electron chi connectivity index (χ1n) is 13.9. The Kier molecular flexibility index (Phi) is 7.45. The van der Waals surface area contributed by atoms with E-state index in [2.05, 4.69) is 15.6 Å². The Morgan fingerprint density at radius 3 is 2.45 bits per heavy atom. The Morgan fingerprint density at radius 1 is 0.976 bits per heavy atom. The number of aromatic nitrogens is 2. The Labute approximate surface area is 243 Å². The molecule has 0 aliphatic carbocycles. The van der Waals surface area contributed by atoms with Gasteiger partial charge in [-0.3, -0.25) is 14.5 Å². The van der Waals surface area contributed by atoms with Crippen molar-refractivity contribution in [1.29, 1.82) is 0 Å². The molecule has 0 saturated carbocycles. The molecule has 4 aromatic rings. The van der Waals surface area contributed by atoms with Gasteiger partial charge in [0.05, 0.1) is 31.5 Å². The molecule has 0 spiro atoms. The van der Waals surface area contributed by atoms with E-state index in [0.29, 0.717) is 49.8 Å². The Morgan fingerprint density at radius 2 is 1.71 bits per heavy atom. The van der Waals surface area contributed by atoms with Gasteiger partial charge in [-0.15, -0.1) is 0 Å². The lowest BCUT2D eigenvalue weighted by Crippen LogP contribution is -2.40. The summed E-state index contributed by atoms with van der Waals surface area (Å²) in [5, 5.41) is 6.20. The summed E-state index contributed by atoms with van der Waals surface area (Å²) in [5.41, 5.74) is 5.05. The van der Waals surface area contributed by atoms with Gasteiger partial charge in [0.2, 0.25) is 0 Å². The van der Waals surface area contributed by atoms with E-state index in [0.717, 1.165) is 22.4 Å². The smallest absolute Gasteiger partial charge is 0.322 e. The van der Waals surface area contributed by atoms with Gasteiger partial charge in [0.15, 0.2) is 5.82 Å². The van der Waals surface area contributed by atoms with Gasteiger partial charge < -0.3 is 24.8 Å². The summed E-state index contributed by atoms with van der Waals surface area (Å²) in [6, 6.07) is 22.4. The van der Waals surface area contributed by atoms with Crippen molar-refractivity contribution in [3.63, 3.8) is 0 Å². The lowest BCUT2D eigenvalue weighted by atomic mass is 10.0. The third-order valence-corrected chi connectivity index (χ3v) is 7.75. The lowest BCUT2D eigenvalue weighted by molar-refractivity contribution is 0.0303. The van der Waals surface area contributed by atoms with Crippen LogP contribution in [-0.2, 0) is 11.8 Å². The second-order valence-electron chi connectivity index (χ2n) is 10.5. The summed E-state index contributed by atoms with van der Waals surface area (Å²) in [5.74, 6) is 0.119. The number of aryl methyl sites for hydroxylation is 1. The standard InChI is InChI=1S/C32H32N6O4/c1-21-25(9-6-10-28(21)38-20-26(35-32(38)41)22-7-4-3-5-8-22)27-19-36(2)31(40)29(34-27)33-24-13-11-23(12-14-24)30(39)37-15-17-42-18-16-37/h3-14,19,26H,15-18,20H2,1-2H3,(H,33,34)(H,35,41). The maximum atomic E-state index is 13.0. The van der Waals surface area contributed by atoms with Crippen LogP contribution in [0.3, 0.4) is 0 Å². The van der Waals surface area contributed by atoms with Gasteiger partial charge >= 0.3 is 6.03 Å². The van der Waals surface area contributed by atoms with E-state index in [1.54, 1.807) is 47.3 Å². The number of urea groups is 1. The Hall–Kier alpha value is -4.96. The minimum absolute atomic E-state index is 0.0435. The highest BCUT2D eigenvalue weighted by Crippen LogP contribution is 2.33. The molecule has 10 nitrogen and oxygen atoms in total. The first-order valence-corrected chi connectivity index (χ1v) is 13.9. The van der Waals surface area contributed by atoms with Crippen molar-refractivity contribution < 1.29 is 14.3 Å². The van der Waals surface area contributed by atoms with Crippen LogP contribution in [-0.4, -0.2) is 59.2 Å². The fourth-order valence-corrected chi connectivity index (χ4v) is 5.41. The van der Waals surface area contributed by atoms with Gasteiger partial charge in [-0.25, -0.2) is 9.78 Å². The highest BCUT2D eigenvalue weighted by molar-refractivity contribution is 5.96. The molecular weight excluding hydrogens is 532 g/mol. The van der Waals surface area contributed by atoms with Gasteiger partial charge in [-0.05, 0) is 48.4 Å². The molecule has 1 atom stereocenters. The maximum Gasteiger partial charge on any atom is 0.322 e. The largest absolute Gasteiger partial charge is 0.378 e. The monoisotopic (exact) mass is 564 g/mol. The van der Waals surface area contributed by atoms with E-state index < -0.39 is 0 Å². The number of nitrogens with one attached hydrogen (secondary N) is 2. The predicted molar refractivity (Wildman–Crippen MR) is 161 cm³/mol. The van der Waals surface area contributed by atoms with Crippen LogP contribution >= 0.6 is 0 Å². The van der Waals surface area contributed by atoms with Crippen molar-refractivity contribution >= 4 is 29.1 Å². The average molecular weight is 565 g/mol. The molecule has 3 aromatic carbocycles. The van der Waals surface area contributed by atoms with Crippen LogP contribution in [0.1, 0.15) is 27.5 Å². The molecule has 3 heterocycles. The van der Waals surface area contributed by atoms with Crippen molar-refractivity contribution in [2.24, 2.45) is 7.05 Å². The summed E-state index contributed by atoms with van der Waals surface area (Å²) < 4.78 is 6.82. The molecule has 2 saturated heterocycles. The minimum Gasteiger partial charge on any atom is -0.378 e. The molecule has 0 bridgehead atoms. The lowest BCUT2D eigenvalue weighted by Gasteiger charge is -2.26. The normalized spacial score (nSPS) is 16.8. The fourth-order valence-electron chi connectivity index (χ4n) is 5.41. The van der Waals surface area contributed by atoms with Gasteiger partial charge in [0.1, 0.15) is 0 Å². The van der Waals surface area contributed by atoms with Crippen molar-refractivity contribution in [2.75, 3.05) is 43.1 Å². The molecular formula is C32H32N6O4. The van der Waals surface area contributed by atoms with Gasteiger partial charge in [0, 0.05) is 48.8 Å². The van der Waals surface area contributed by atoms with E-state index in [4.69, 9.17) is 4.74 Å². The zero-order valence-corrected chi connectivity index (χ0v) is 23.5. The zero-order chi connectivity index (χ0) is 29.2. The number of morpholine rings is 1. The number of rotatable bonds is 6. The predicted octanol–water partition coefficient (Wildman–Crippen LogP) is 4.24. The average Bonchev–Trinajstić information content (AvgIpc) is 3.41. The molecule has 2 aliphatic heterocycles. The number of amides is 3. The van der Waals surface area contributed by atoms with E-state index in [-0.39, 0.29) is 29.4 Å². The van der Waals surface area contributed by atoms with E-state index in [9.17, 15) is 14.4 Å². The van der Waals surface area contributed by atoms with Crippen molar-refractivity contribution in [2.45, 2.75) is 13.0 Å². The highest BCUT2D eigenvalue weighted by atomic mass is 16.5. The van der Waals surface area contributed by atoms with Crippen LogP contribution in [0, 0.1) is 6.92 Å². The number of anilines is 3. The van der Waals surface area contributed by atoms with Crippen LogP contribution in [0.2, 0.25) is 0 Å². The topological polar surface area (TPSA) is 109 Å². The minimum atomic E-state index is -0.286. The first kappa shape index (κ1) is 27.2. The van der Waals surface area contributed by atoms with Gasteiger partial charge in [-0.2, -0.15) is 0 Å². The van der Waals surface area contributed by atoms with Crippen molar-refractivity contribution in [3.8, 4) is 11.3 Å². The second kappa shape index (κ2) is 11.5. The molecule has 2 aliphatic rings. The van der Waals surface area contributed by atoms with Gasteiger partial charge in [-0.1, -0.05) is 42.5 Å². The molecule has 2 fully saturated rings. The van der Waals surface area contributed by atoms with E-state index >= 15 is 0 Å². The summed E-state index contributed by atoms with van der Waals surface area (Å²) in [6.45, 7) is 4.68. The molecule has 1 aromatic heterocycles. The number of hydrogen-bond acceptors (Lipinski definition) is 6. The van der Waals surface area contributed by atoms with E-state index in [1.807, 2.05) is 55.5 Å². The third kappa shape index (κ3) is 5.36. The molecule has 1 unspecified atom stereocenters. The van der Waals surface area contributed by atoms with Crippen LogP contribution in [0.25, 0.3) is 11.3 Å². The fraction of sp³-hybridized carbons (Fsp3) is 0.250. The van der Waals surface area contributed by atoms with Crippen molar-refractivity contribution in [1.82, 2.24) is 19.8 Å². The van der Waals surface area contributed by atoms with Gasteiger partial charge in [0.25, 0.3) is 11.5 Å². The number of nitrogens with zero attached hydrogens (tertiary/aromatic N) is 4. The Balaban J connectivity index is 1.25. The quantitative estimate of drug-likeness (QED) is 0.363. The van der Waals surface area contributed by atoms with Crippen LogP contribution < -0.4 is 21.1 Å². The molecule has 0 radical (unpaired) electrons. The number of ether oxygens (including phenoxy) is 1. The third-order valence-electron chi connectivity index (χ3n) is 7.75. The number of carbonyl (C=O) groups excluding carboxylic acids is 2. The second-order valence-corrected chi connectivity index (χ2v) is 10.5.